The van der Waals surface area contributed by atoms with Crippen molar-refractivity contribution in [3.63, 3.8) is 0 Å². The molecule has 5 nitrogen and oxygen atoms in total. The first kappa shape index (κ1) is 13.6. The molecule has 0 aliphatic rings. The summed E-state index contributed by atoms with van der Waals surface area (Å²) in [6.45, 7) is 0. The van der Waals surface area contributed by atoms with E-state index in [2.05, 4.69) is 10.2 Å². The van der Waals surface area contributed by atoms with Gasteiger partial charge in [0.2, 0.25) is 5.16 Å². The molecular formula is C12H11ClN4OS. The molecule has 19 heavy (non-hydrogen) atoms. The van der Waals surface area contributed by atoms with Crippen molar-refractivity contribution in [1.82, 2.24) is 14.9 Å². The van der Waals surface area contributed by atoms with Crippen molar-refractivity contribution in [3.05, 3.63) is 50.9 Å². The molecule has 0 bridgehead atoms. The maximum absolute atomic E-state index is 11.9. The number of nitrogen functional groups attached to an aromatic ring is 1. The summed E-state index contributed by atoms with van der Waals surface area (Å²) in [4.78, 5) is 11.9. The number of aromatic nitrogens is 3. The van der Waals surface area contributed by atoms with Gasteiger partial charge in [0.25, 0.3) is 5.56 Å². The van der Waals surface area contributed by atoms with Crippen molar-refractivity contribution in [3.8, 4) is 0 Å². The Bertz CT molecular complexity index is 666. The zero-order valence-electron chi connectivity index (χ0n) is 10.1. The lowest BCUT2D eigenvalue weighted by molar-refractivity contribution is 0.695. The molecule has 2 rings (SSSR count). The lowest BCUT2D eigenvalue weighted by Crippen LogP contribution is -2.32. The molecule has 1 heterocycles. The van der Waals surface area contributed by atoms with Crippen molar-refractivity contribution < 1.29 is 0 Å². The van der Waals surface area contributed by atoms with Gasteiger partial charge < -0.3 is 5.84 Å². The van der Waals surface area contributed by atoms with E-state index in [1.54, 1.807) is 30.5 Å². The zero-order chi connectivity index (χ0) is 13.8. The van der Waals surface area contributed by atoms with Crippen molar-refractivity contribution in [2.75, 3.05) is 12.1 Å². The van der Waals surface area contributed by atoms with E-state index in [4.69, 9.17) is 17.4 Å². The monoisotopic (exact) mass is 294 g/mol. The second-order valence-electron chi connectivity index (χ2n) is 3.63. The number of thioether (sulfide) groups is 1. The highest BCUT2D eigenvalue weighted by Crippen LogP contribution is 2.11. The molecule has 7 heteroatoms. The first-order valence-corrected chi connectivity index (χ1v) is 6.94. The van der Waals surface area contributed by atoms with Crippen molar-refractivity contribution in [2.24, 2.45) is 0 Å². The summed E-state index contributed by atoms with van der Waals surface area (Å²) < 4.78 is 0.985. The van der Waals surface area contributed by atoms with Crippen LogP contribution in [0.25, 0.3) is 12.2 Å². The standard InChI is InChI=1S/C12H11ClN4OS/c1-19-12-16-15-10(11(18)17(12)14)7-4-8-2-5-9(13)6-3-8/h2-7H,14H2,1H3/b7-4-. The van der Waals surface area contributed by atoms with E-state index in [9.17, 15) is 4.79 Å². The number of nitrogens with zero attached hydrogens (tertiary/aromatic N) is 3. The number of hydrogen-bond acceptors (Lipinski definition) is 5. The van der Waals surface area contributed by atoms with E-state index in [1.807, 2.05) is 12.1 Å². The Balaban J connectivity index is 2.31. The van der Waals surface area contributed by atoms with Crippen LogP contribution in [-0.4, -0.2) is 21.1 Å². The third-order valence-corrected chi connectivity index (χ3v) is 3.27. The van der Waals surface area contributed by atoms with Gasteiger partial charge in [-0.15, -0.1) is 10.2 Å². The number of halogens is 1. The summed E-state index contributed by atoms with van der Waals surface area (Å²) in [5.74, 6) is 5.61. The number of hydrogen-bond donors (Lipinski definition) is 1. The van der Waals surface area contributed by atoms with E-state index in [0.717, 1.165) is 10.2 Å². The lowest BCUT2D eigenvalue weighted by Gasteiger charge is -2.02. The predicted molar refractivity (Wildman–Crippen MR) is 78.6 cm³/mol. The van der Waals surface area contributed by atoms with Crippen LogP contribution in [0.2, 0.25) is 5.02 Å². The third-order valence-electron chi connectivity index (χ3n) is 2.37. The molecule has 0 unspecified atom stereocenters. The fraction of sp³-hybridized carbons (Fsp3) is 0.0833. The van der Waals surface area contributed by atoms with Crippen LogP contribution in [0.4, 0.5) is 0 Å². The van der Waals surface area contributed by atoms with Gasteiger partial charge >= 0.3 is 0 Å². The van der Waals surface area contributed by atoms with E-state index < -0.39 is 0 Å². The third kappa shape index (κ3) is 3.15. The molecular weight excluding hydrogens is 284 g/mol. The van der Waals surface area contributed by atoms with Crippen LogP contribution in [-0.2, 0) is 0 Å². The molecule has 1 aromatic heterocycles. The summed E-state index contributed by atoms with van der Waals surface area (Å²) in [5.41, 5.74) is 0.711. The highest BCUT2D eigenvalue weighted by atomic mass is 35.5. The zero-order valence-corrected chi connectivity index (χ0v) is 11.6. The van der Waals surface area contributed by atoms with E-state index in [0.29, 0.717) is 10.2 Å². The fourth-order valence-electron chi connectivity index (χ4n) is 1.39. The number of rotatable bonds is 3. The van der Waals surface area contributed by atoms with Crippen LogP contribution in [0.15, 0.2) is 34.2 Å². The quantitative estimate of drug-likeness (QED) is 0.691. The smallest absolute Gasteiger partial charge is 0.298 e. The van der Waals surface area contributed by atoms with E-state index in [1.165, 1.54) is 11.8 Å². The first-order valence-electron chi connectivity index (χ1n) is 5.34. The second kappa shape index (κ2) is 5.90. The maximum atomic E-state index is 11.9. The first-order chi connectivity index (χ1) is 9.11. The highest BCUT2D eigenvalue weighted by molar-refractivity contribution is 7.98. The summed E-state index contributed by atoms with van der Waals surface area (Å²) in [6, 6.07) is 7.21. The van der Waals surface area contributed by atoms with Gasteiger partial charge in [0.05, 0.1) is 0 Å². The average Bonchev–Trinajstić information content (AvgIpc) is 2.42. The van der Waals surface area contributed by atoms with E-state index >= 15 is 0 Å². The van der Waals surface area contributed by atoms with Gasteiger partial charge in [-0.3, -0.25) is 4.79 Å². The molecule has 0 spiro atoms. The highest BCUT2D eigenvalue weighted by Gasteiger charge is 2.06. The normalized spacial score (nSPS) is 11.1. The SMILES string of the molecule is CSc1nnc(/C=C\c2ccc(Cl)cc2)c(=O)n1N. The van der Waals surface area contributed by atoms with Crippen molar-refractivity contribution in [2.45, 2.75) is 5.16 Å². The predicted octanol–water partition coefficient (Wildman–Crippen LogP) is 1.90. The van der Waals surface area contributed by atoms with Gasteiger partial charge in [0.15, 0.2) is 5.69 Å². The fourth-order valence-corrected chi connectivity index (χ4v) is 1.92. The largest absolute Gasteiger partial charge is 0.334 e. The number of nitrogens with two attached hydrogens (primary N) is 1. The Kier molecular flexibility index (Phi) is 4.24. The number of benzene rings is 1. The summed E-state index contributed by atoms with van der Waals surface area (Å²) in [6.07, 6.45) is 5.10. The molecule has 0 amide bonds. The van der Waals surface area contributed by atoms with Crippen LogP contribution >= 0.6 is 23.4 Å². The molecule has 2 N–H and O–H groups in total. The van der Waals surface area contributed by atoms with Gasteiger partial charge in [-0.2, -0.15) is 4.68 Å². The van der Waals surface area contributed by atoms with E-state index in [-0.39, 0.29) is 11.3 Å². The molecule has 0 fully saturated rings. The van der Waals surface area contributed by atoms with Gasteiger partial charge in [-0.05, 0) is 30.0 Å². The molecule has 2 aromatic rings. The summed E-state index contributed by atoms with van der Waals surface area (Å²) >= 11 is 7.05. The molecule has 0 atom stereocenters. The Hall–Kier alpha value is -1.79. The molecule has 1 aromatic carbocycles. The Morgan fingerprint density at radius 1 is 1.26 bits per heavy atom. The second-order valence-corrected chi connectivity index (χ2v) is 4.84. The van der Waals surface area contributed by atoms with Gasteiger partial charge in [0, 0.05) is 5.02 Å². The maximum Gasteiger partial charge on any atom is 0.298 e. The van der Waals surface area contributed by atoms with Gasteiger partial charge in [0.1, 0.15) is 0 Å². The van der Waals surface area contributed by atoms with Crippen LogP contribution < -0.4 is 11.4 Å². The minimum Gasteiger partial charge on any atom is -0.334 e. The van der Waals surface area contributed by atoms with Gasteiger partial charge in [-0.1, -0.05) is 41.6 Å². The summed E-state index contributed by atoms with van der Waals surface area (Å²) in [7, 11) is 0. The molecule has 98 valence electrons. The minimum atomic E-state index is -0.385. The van der Waals surface area contributed by atoms with Crippen molar-refractivity contribution in [1.29, 1.82) is 0 Å². The van der Waals surface area contributed by atoms with Crippen LogP contribution in [0.5, 0.6) is 0 Å². The molecule has 0 aliphatic heterocycles. The topological polar surface area (TPSA) is 73.8 Å². The average molecular weight is 295 g/mol. The minimum absolute atomic E-state index is 0.190. The lowest BCUT2D eigenvalue weighted by atomic mass is 10.2. The Labute approximate surface area is 119 Å². The van der Waals surface area contributed by atoms with Crippen LogP contribution in [0.3, 0.4) is 0 Å². The van der Waals surface area contributed by atoms with Gasteiger partial charge in [-0.25, -0.2) is 0 Å². The molecule has 0 saturated carbocycles. The molecule has 0 aliphatic carbocycles. The molecule has 0 radical (unpaired) electrons. The van der Waals surface area contributed by atoms with Crippen LogP contribution in [0.1, 0.15) is 11.3 Å². The van der Waals surface area contributed by atoms with Crippen LogP contribution in [0, 0.1) is 0 Å². The Morgan fingerprint density at radius 2 is 1.95 bits per heavy atom. The summed E-state index contributed by atoms with van der Waals surface area (Å²) in [5, 5.41) is 8.74. The van der Waals surface area contributed by atoms with Crippen molar-refractivity contribution >= 4 is 35.5 Å². The molecule has 0 saturated heterocycles. The Morgan fingerprint density at radius 3 is 2.58 bits per heavy atom.